The predicted octanol–water partition coefficient (Wildman–Crippen LogP) is 4.97. The highest BCUT2D eigenvalue weighted by molar-refractivity contribution is 7.14. The maximum absolute atomic E-state index is 13.0. The molecule has 1 heterocycles. The van der Waals surface area contributed by atoms with Crippen LogP contribution in [0.3, 0.4) is 0 Å². The number of carbonyl (C=O) groups is 2. The molecule has 0 atom stereocenters. The topological polar surface area (TPSA) is 82.5 Å². The number of anilines is 2. The lowest BCUT2D eigenvalue weighted by atomic mass is 10.2. The first-order valence-corrected chi connectivity index (χ1v) is 10.2. The number of aliphatic carboxylic acids is 1. The second-order valence-corrected chi connectivity index (χ2v) is 7.77. The molecule has 0 spiro atoms. The van der Waals surface area contributed by atoms with Gasteiger partial charge < -0.3 is 15.3 Å². The molecule has 0 aliphatic heterocycles. The Hall–Kier alpha value is -2.90. The van der Waals surface area contributed by atoms with Crippen LogP contribution in [-0.4, -0.2) is 33.4 Å². The van der Waals surface area contributed by atoms with E-state index in [0.29, 0.717) is 16.7 Å². The molecule has 2 N–H and O–H groups in total. The first-order chi connectivity index (χ1) is 13.9. The van der Waals surface area contributed by atoms with Crippen LogP contribution in [0, 0.1) is 6.92 Å². The molecule has 1 aromatic heterocycles. The summed E-state index contributed by atoms with van der Waals surface area (Å²) < 4.78 is 0. The number of aryl methyl sites for hydroxylation is 1. The molecule has 0 radical (unpaired) electrons. The van der Waals surface area contributed by atoms with Crippen molar-refractivity contribution in [2.24, 2.45) is 0 Å². The molecule has 0 saturated carbocycles. The standard InChI is InChI=1S/C21H20ClN3O3S/c1-14-7-8-16(22)11-17(14)23-21-24-18(13-29-21)20(28)25(10-9-19(26)27)12-15-5-3-2-4-6-15/h2-8,11,13H,9-10,12H2,1H3,(H,23,24)(H,26,27). The predicted molar refractivity (Wildman–Crippen MR) is 115 cm³/mol. The Morgan fingerprint density at radius 3 is 2.69 bits per heavy atom. The van der Waals surface area contributed by atoms with Crippen LogP contribution in [0.25, 0.3) is 0 Å². The highest BCUT2D eigenvalue weighted by atomic mass is 35.5. The fraction of sp³-hybridized carbons (Fsp3) is 0.190. The van der Waals surface area contributed by atoms with E-state index >= 15 is 0 Å². The normalized spacial score (nSPS) is 10.6. The summed E-state index contributed by atoms with van der Waals surface area (Å²) in [5.41, 5.74) is 3.02. The summed E-state index contributed by atoms with van der Waals surface area (Å²) in [6, 6.07) is 15.0. The number of carboxylic acid groups (broad SMARTS) is 1. The summed E-state index contributed by atoms with van der Waals surface area (Å²) in [7, 11) is 0. The first kappa shape index (κ1) is 20.8. The van der Waals surface area contributed by atoms with Crippen molar-refractivity contribution < 1.29 is 14.7 Å². The Balaban J connectivity index is 1.76. The van der Waals surface area contributed by atoms with Gasteiger partial charge in [-0.15, -0.1) is 11.3 Å². The minimum absolute atomic E-state index is 0.108. The van der Waals surface area contributed by atoms with Gasteiger partial charge in [-0.05, 0) is 30.2 Å². The van der Waals surface area contributed by atoms with Crippen LogP contribution >= 0.6 is 22.9 Å². The van der Waals surface area contributed by atoms with Crippen molar-refractivity contribution in [1.29, 1.82) is 0 Å². The Kier molecular flexibility index (Phi) is 6.85. The van der Waals surface area contributed by atoms with E-state index < -0.39 is 5.97 Å². The molecule has 3 aromatic rings. The number of benzene rings is 2. The average Bonchev–Trinajstić information content (AvgIpc) is 3.16. The zero-order chi connectivity index (χ0) is 20.8. The Bertz CT molecular complexity index is 1010. The van der Waals surface area contributed by atoms with Gasteiger partial charge in [-0.1, -0.05) is 48.0 Å². The van der Waals surface area contributed by atoms with Gasteiger partial charge in [0, 0.05) is 29.2 Å². The number of thiazole rings is 1. The van der Waals surface area contributed by atoms with E-state index in [0.717, 1.165) is 16.8 Å². The molecule has 3 rings (SSSR count). The molecule has 0 bridgehead atoms. The van der Waals surface area contributed by atoms with Crippen LogP contribution in [0.2, 0.25) is 5.02 Å². The highest BCUT2D eigenvalue weighted by Crippen LogP contribution is 2.26. The van der Waals surface area contributed by atoms with E-state index in [1.54, 1.807) is 11.4 Å². The summed E-state index contributed by atoms with van der Waals surface area (Å²) in [6.07, 6.45) is -0.129. The molecule has 150 valence electrons. The zero-order valence-corrected chi connectivity index (χ0v) is 17.3. The summed E-state index contributed by atoms with van der Waals surface area (Å²) in [5, 5.41) is 15.1. The van der Waals surface area contributed by atoms with Gasteiger partial charge in [0.1, 0.15) is 5.69 Å². The smallest absolute Gasteiger partial charge is 0.305 e. The van der Waals surface area contributed by atoms with Gasteiger partial charge in [-0.2, -0.15) is 0 Å². The van der Waals surface area contributed by atoms with Gasteiger partial charge in [-0.3, -0.25) is 9.59 Å². The lowest BCUT2D eigenvalue weighted by molar-refractivity contribution is -0.137. The molecule has 0 aliphatic rings. The van der Waals surface area contributed by atoms with Crippen molar-refractivity contribution in [3.05, 3.63) is 75.8 Å². The minimum Gasteiger partial charge on any atom is -0.481 e. The molecule has 0 saturated heterocycles. The largest absolute Gasteiger partial charge is 0.481 e. The van der Waals surface area contributed by atoms with Gasteiger partial charge in [0.2, 0.25) is 0 Å². The molecule has 6 nitrogen and oxygen atoms in total. The lowest BCUT2D eigenvalue weighted by Gasteiger charge is -2.21. The summed E-state index contributed by atoms with van der Waals surface area (Å²) in [5.74, 6) is -1.25. The minimum atomic E-state index is -0.951. The van der Waals surface area contributed by atoms with E-state index in [2.05, 4.69) is 10.3 Å². The van der Waals surface area contributed by atoms with Gasteiger partial charge in [0.15, 0.2) is 5.13 Å². The number of carbonyl (C=O) groups excluding carboxylic acids is 1. The number of rotatable bonds is 8. The summed E-state index contributed by atoms with van der Waals surface area (Å²) in [6.45, 7) is 2.38. The third-order valence-corrected chi connectivity index (χ3v) is 5.26. The maximum atomic E-state index is 13.0. The van der Waals surface area contributed by atoms with E-state index in [4.69, 9.17) is 16.7 Å². The van der Waals surface area contributed by atoms with Crippen molar-refractivity contribution >= 4 is 45.6 Å². The number of hydrogen-bond donors (Lipinski definition) is 2. The van der Waals surface area contributed by atoms with Gasteiger partial charge in [0.05, 0.1) is 6.42 Å². The van der Waals surface area contributed by atoms with E-state index in [-0.39, 0.29) is 24.6 Å². The number of hydrogen-bond acceptors (Lipinski definition) is 5. The first-order valence-electron chi connectivity index (χ1n) is 8.96. The number of aromatic nitrogens is 1. The van der Waals surface area contributed by atoms with Crippen LogP contribution < -0.4 is 5.32 Å². The number of halogens is 1. The second-order valence-electron chi connectivity index (χ2n) is 6.48. The molecule has 1 amide bonds. The monoisotopic (exact) mass is 429 g/mol. The molecular formula is C21H20ClN3O3S. The quantitative estimate of drug-likeness (QED) is 0.528. The molecular weight excluding hydrogens is 410 g/mol. The van der Waals surface area contributed by atoms with Crippen LogP contribution in [0.15, 0.2) is 53.9 Å². The fourth-order valence-corrected chi connectivity index (χ4v) is 3.59. The number of carboxylic acids is 1. The molecule has 0 unspecified atom stereocenters. The van der Waals surface area contributed by atoms with Gasteiger partial charge in [-0.25, -0.2) is 4.98 Å². The van der Waals surface area contributed by atoms with Gasteiger partial charge in [0.25, 0.3) is 5.91 Å². The van der Waals surface area contributed by atoms with Crippen molar-refractivity contribution in [2.75, 3.05) is 11.9 Å². The van der Waals surface area contributed by atoms with E-state index in [1.807, 2.05) is 49.4 Å². The third kappa shape index (κ3) is 5.79. The second kappa shape index (κ2) is 9.54. The van der Waals surface area contributed by atoms with Crippen LogP contribution in [0.1, 0.15) is 28.0 Å². The number of nitrogens with zero attached hydrogens (tertiary/aromatic N) is 2. The molecule has 8 heteroatoms. The van der Waals surface area contributed by atoms with E-state index in [1.165, 1.54) is 16.2 Å². The Morgan fingerprint density at radius 2 is 1.97 bits per heavy atom. The lowest BCUT2D eigenvalue weighted by Crippen LogP contribution is -2.32. The SMILES string of the molecule is Cc1ccc(Cl)cc1Nc1nc(C(=O)N(CCC(=O)O)Cc2ccccc2)cs1. The third-order valence-electron chi connectivity index (χ3n) is 4.26. The number of amides is 1. The van der Waals surface area contributed by atoms with Crippen LogP contribution in [-0.2, 0) is 11.3 Å². The van der Waals surface area contributed by atoms with Crippen molar-refractivity contribution in [3.8, 4) is 0 Å². The zero-order valence-electron chi connectivity index (χ0n) is 15.8. The highest BCUT2D eigenvalue weighted by Gasteiger charge is 2.20. The van der Waals surface area contributed by atoms with Crippen molar-refractivity contribution in [3.63, 3.8) is 0 Å². The molecule has 2 aromatic carbocycles. The van der Waals surface area contributed by atoms with E-state index in [9.17, 15) is 9.59 Å². The Morgan fingerprint density at radius 1 is 1.21 bits per heavy atom. The molecule has 0 fully saturated rings. The van der Waals surface area contributed by atoms with Crippen LogP contribution in [0.5, 0.6) is 0 Å². The van der Waals surface area contributed by atoms with Crippen molar-refractivity contribution in [1.82, 2.24) is 9.88 Å². The Labute approximate surface area is 177 Å². The fourth-order valence-electron chi connectivity index (χ4n) is 2.72. The summed E-state index contributed by atoms with van der Waals surface area (Å²) >= 11 is 7.36. The molecule has 0 aliphatic carbocycles. The average molecular weight is 430 g/mol. The number of nitrogens with one attached hydrogen (secondary N) is 1. The van der Waals surface area contributed by atoms with Crippen LogP contribution in [0.4, 0.5) is 10.8 Å². The molecule has 29 heavy (non-hydrogen) atoms. The maximum Gasteiger partial charge on any atom is 0.305 e. The van der Waals surface area contributed by atoms with Gasteiger partial charge >= 0.3 is 5.97 Å². The van der Waals surface area contributed by atoms with Crippen molar-refractivity contribution in [2.45, 2.75) is 19.9 Å². The summed E-state index contributed by atoms with van der Waals surface area (Å²) in [4.78, 5) is 29.9.